The highest BCUT2D eigenvalue weighted by Crippen LogP contribution is 2.28. The van der Waals surface area contributed by atoms with Gasteiger partial charge in [0.15, 0.2) is 5.82 Å². The minimum atomic E-state index is -0.0685. The van der Waals surface area contributed by atoms with Gasteiger partial charge in [-0.3, -0.25) is 9.58 Å². The van der Waals surface area contributed by atoms with E-state index in [4.69, 9.17) is 14.5 Å². The minimum absolute atomic E-state index is 0.0685. The van der Waals surface area contributed by atoms with E-state index in [9.17, 15) is 0 Å². The first kappa shape index (κ1) is 21.5. The van der Waals surface area contributed by atoms with Gasteiger partial charge in [-0.1, -0.05) is 6.07 Å². The van der Waals surface area contributed by atoms with Gasteiger partial charge in [-0.05, 0) is 36.8 Å². The normalized spacial score (nSPS) is 16.9. The maximum atomic E-state index is 6.11. The highest BCUT2D eigenvalue weighted by Gasteiger charge is 2.24. The first-order valence-corrected chi connectivity index (χ1v) is 11.2. The van der Waals surface area contributed by atoms with E-state index in [1.807, 2.05) is 49.0 Å². The molecular weight excluding hydrogens is 416 g/mol. The summed E-state index contributed by atoms with van der Waals surface area (Å²) in [6, 6.07) is 14.3. The zero-order valence-corrected chi connectivity index (χ0v) is 19.6. The van der Waals surface area contributed by atoms with E-state index in [-0.39, 0.29) is 6.10 Å². The number of nitrogens with zero attached hydrogens (tertiary/aromatic N) is 5. The maximum Gasteiger partial charge on any atom is 0.153 e. The average molecular weight is 447 g/mol. The first-order valence-electron chi connectivity index (χ1n) is 11.2. The molecule has 0 saturated carbocycles. The van der Waals surface area contributed by atoms with Crippen LogP contribution in [0.4, 0.5) is 11.6 Å². The summed E-state index contributed by atoms with van der Waals surface area (Å²) >= 11 is 0. The van der Waals surface area contributed by atoms with Gasteiger partial charge in [0, 0.05) is 63.1 Å². The molecule has 0 radical (unpaired) electrons. The molecule has 33 heavy (non-hydrogen) atoms. The van der Waals surface area contributed by atoms with Gasteiger partial charge in [-0.15, -0.1) is 0 Å². The summed E-state index contributed by atoms with van der Waals surface area (Å²) in [6.45, 7) is 5.27. The fourth-order valence-electron chi connectivity index (χ4n) is 4.42. The summed E-state index contributed by atoms with van der Waals surface area (Å²) in [4.78, 5) is 7.26. The summed E-state index contributed by atoms with van der Waals surface area (Å²) in [7, 11) is 5.72. The monoisotopic (exact) mass is 446 g/mol. The number of ether oxygens (including phenoxy) is 2. The largest absolute Gasteiger partial charge is 0.497 e. The van der Waals surface area contributed by atoms with Crippen LogP contribution in [0.5, 0.6) is 5.75 Å². The quantitative estimate of drug-likeness (QED) is 0.484. The molecule has 1 fully saturated rings. The molecule has 3 aromatic heterocycles. The number of fused-ring (bicyclic) bond motifs is 1. The van der Waals surface area contributed by atoms with Crippen molar-refractivity contribution < 1.29 is 9.47 Å². The van der Waals surface area contributed by atoms with Gasteiger partial charge in [-0.25, -0.2) is 4.98 Å². The van der Waals surface area contributed by atoms with Crippen LogP contribution in [0, 0.1) is 6.92 Å². The lowest BCUT2D eigenvalue weighted by molar-refractivity contribution is -0.0348. The number of pyridine rings is 1. The van der Waals surface area contributed by atoms with E-state index < -0.39 is 0 Å². The molecule has 4 heterocycles. The van der Waals surface area contributed by atoms with Gasteiger partial charge in [0.05, 0.1) is 24.9 Å². The number of benzene rings is 1. The molecule has 5 rings (SSSR count). The third kappa shape index (κ3) is 4.44. The number of rotatable bonds is 6. The van der Waals surface area contributed by atoms with Crippen LogP contribution in [-0.4, -0.2) is 51.0 Å². The van der Waals surface area contributed by atoms with Crippen molar-refractivity contribution in [2.75, 3.05) is 32.1 Å². The molecule has 1 atom stereocenters. The van der Waals surface area contributed by atoms with E-state index in [0.717, 1.165) is 48.4 Å². The highest BCUT2D eigenvalue weighted by atomic mass is 16.5. The zero-order chi connectivity index (χ0) is 22.9. The molecule has 172 valence electrons. The second kappa shape index (κ2) is 8.88. The lowest BCUT2D eigenvalue weighted by Gasteiger charge is -2.32. The Hall–Kier alpha value is -3.36. The predicted octanol–water partition coefficient (Wildman–Crippen LogP) is 3.94. The molecule has 8 heteroatoms. The zero-order valence-electron chi connectivity index (χ0n) is 19.6. The molecule has 0 amide bonds. The number of anilines is 2. The molecule has 1 aromatic carbocycles. The van der Waals surface area contributed by atoms with Crippen LogP contribution >= 0.6 is 0 Å². The van der Waals surface area contributed by atoms with E-state index >= 15 is 0 Å². The van der Waals surface area contributed by atoms with E-state index in [2.05, 4.69) is 45.3 Å². The van der Waals surface area contributed by atoms with Gasteiger partial charge < -0.3 is 19.4 Å². The van der Waals surface area contributed by atoms with Crippen molar-refractivity contribution in [3.8, 4) is 5.75 Å². The molecule has 0 aliphatic carbocycles. The molecule has 1 aliphatic heterocycles. The van der Waals surface area contributed by atoms with E-state index in [1.54, 1.807) is 7.11 Å². The van der Waals surface area contributed by atoms with Crippen molar-refractivity contribution in [1.82, 2.24) is 24.2 Å². The molecule has 8 nitrogen and oxygen atoms in total. The number of nitrogens with one attached hydrogen (secondary N) is 1. The van der Waals surface area contributed by atoms with Crippen LogP contribution in [-0.2, 0) is 25.4 Å². The lowest BCUT2D eigenvalue weighted by Crippen LogP contribution is -2.38. The maximum absolute atomic E-state index is 6.11. The Labute approximate surface area is 193 Å². The van der Waals surface area contributed by atoms with Crippen LogP contribution < -0.4 is 10.1 Å². The van der Waals surface area contributed by atoms with Crippen LogP contribution in [0.1, 0.15) is 23.1 Å². The third-order valence-electron chi connectivity index (χ3n) is 6.30. The molecule has 0 unspecified atom stereocenters. The van der Waals surface area contributed by atoms with Crippen LogP contribution in [0.3, 0.4) is 0 Å². The van der Waals surface area contributed by atoms with Gasteiger partial charge in [0.2, 0.25) is 0 Å². The van der Waals surface area contributed by atoms with Crippen LogP contribution in [0.25, 0.3) is 10.9 Å². The fraction of sp³-hybridized carbons (Fsp3) is 0.360. The highest BCUT2D eigenvalue weighted by molar-refractivity contribution is 5.85. The Balaban J connectivity index is 1.31. The summed E-state index contributed by atoms with van der Waals surface area (Å²) in [5.41, 5.74) is 4.51. The van der Waals surface area contributed by atoms with E-state index in [1.165, 1.54) is 16.5 Å². The second-order valence-electron chi connectivity index (χ2n) is 8.61. The number of hydrogen-bond donors (Lipinski definition) is 1. The molecular formula is C25H30N6O2. The summed E-state index contributed by atoms with van der Waals surface area (Å²) in [5.74, 6) is 2.44. The predicted molar refractivity (Wildman–Crippen MR) is 129 cm³/mol. The van der Waals surface area contributed by atoms with Gasteiger partial charge >= 0.3 is 0 Å². The Morgan fingerprint density at radius 2 is 2.03 bits per heavy atom. The standard InChI is InChI=1S/C25H30N6O2/c1-17-12-25(28-30(17)3)27-24-7-5-6-21(26-24)23-16-31(10-11-33-23)15-18-14-29(2)22-13-19(32-4)8-9-20(18)22/h5-9,12-14,23H,10-11,15-16H2,1-4H3,(H,26,27,28)/t23-/m0/s1. The summed E-state index contributed by atoms with van der Waals surface area (Å²) in [6.07, 6.45) is 2.15. The van der Waals surface area contributed by atoms with Crippen LogP contribution in [0.2, 0.25) is 0 Å². The van der Waals surface area contributed by atoms with Crippen LogP contribution in [0.15, 0.2) is 48.7 Å². The van der Waals surface area contributed by atoms with Crippen molar-refractivity contribution >= 4 is 22.5 Å². The number of morpholine rings is 1. The Kier molecular flexibility index (Phi) is 5.78. The molecule has 1 N–H and O–H groups in total. The Morgan fingerprint density at radius 3 is 2.82 bits per heavy atom. The van der Waals surface area contributed by atoms with Gasteiger partial charge in [-0.2, -0.15) is 5.10 Å². The number of aromatic nitrogens is 4. The molecule has 1 aliphatic rings. The SMILES string of the molecule is COc1ccc2c(CN3CCO[C@H](c4cccc(Nc5cc(C)n(C)n5)n4)C3)cn(C)c2c1. The summed E-state index contributed by atoms with van der Waals surface area (Å²) < 4.78 is 15.5. The topological polar surface area (TPSA) is 69.4 Å². The van der Waals surface area contributed by atoms with Crippen molar-refractivity contribution in [2.45, 2.75) is 19.6 Å². The number of aryl methyl sites for hydroxylation is 3. The van der Waals surface area contributed by atoms with Crippen molar-refractivity contribution in [3.05, 3.63) is 65.6 Å². The molecule has 1 saturated heterocycles. The average Bonchev–Trinajstić information content (AvgIpc) is 3.31. The van der Waals surface area contributed by atoms with Gasteiger partial charge in [0.25, 0.3) is 0 Å². The second-order valence-corrected chi connectivity index (χ2v) is 8.61. The molecule has 4 aromatic rings. The first-order chi connectivity index (χ1) is 16.0. The molecule has 0 spiro atoms. The van der Waals surface area contributed by atoms with Crippen molar-refractivity contribution in [1.29, 1.82) is 0 Å². The Bertz CT molecular complexity index is 1260. The molecule has 0 bridgehead atoms. The number of methoxy groups -OCH3 is 1. The van der Waals surface area contributed by atoms with E-state index in [0.29, 0.717) is 6.61 Å². The fourth-order valence-corrected chi connectivity index (χ4v) is 4.42. The van der Waals surface area contributed by atoms with Crippen molar-refractivity contribution in [3.63, 3.8) is 0 Å². The Morgan fingerprint density at radius 1 is 1.15 bits per heavy atom. The van der Waals surface area contributed by atoms with Crippen molar-refractivity contribution in [2.24, 2.45) is 14.1 Å². The minimum Gasteiger partial charge on any atom is -0.497 e. The summed E-state index contributed by atoms with van der Waals surface area (Å²) in [5, 5.41) is 9.02. The third-order valence-corrected chi connectivity index (χ3v) is 6.30. The van der Waals surface area contributed by atoms with Gasteiger partial charge in [0.1, 0.15) is 17.7 Å². The number of hydrogen-bond acceptors (Lipinski definition) is 6. The smallest absolute Gasteiger partial charge is 0.153 e. The lowest BCUT2D eigenvalue weighted by atomic mass is 10.1.